The topological polar surface area (TPSA) is 81.1 Å². The number of hydrogen-bond acceptors (Lipinski definition) is 3. The molecule has 0 fully saturated rings. The number of primary amides is 1. The number of carbonyl (C=O) groups is 1. The highest BCUT2D eigenvalue weighted by atomic mass is 16.1. The first kappa shape index (κ1) is 25.4. The van der Waals surface area contributed by atoms with Crippen LogP contribution in [0.3, 0.4) is 0 Å². The second-order valence-electron chi connectivity index (χ2n) is 7.77. The minimum Gasteiger partial charge on any atom is -0.370 e. The van der Waals surface area contributed by atoms with E-state index in [-0.39, 0.29) is 5.91 Å². The molecule has 1 amide bonds. The first-order valence-corrected chi connectivity index (χ1v) is 11.5. The van der Waals surface area contributed by atoms with E-state index in [1.807, 2.05) is 0 Å². The first-order chi connectivity index (χ1) is 12.8. The summed E-state index contributed by atoms with van der Waals surface area (Å²) in [6.07, 6.45) is 22.8. The van der Waals surface area contributed by atoms with Gasteiger partial charge in [-0.3, -0.25) is 4.79 Å². The van der Waals surface area contributed by atoms with E-state index in [1.54, 1.807) is 0 Å². The predicted octanol–water partition coefficient (Wildman–Crippen LogP) is 5.04. The minimum atomic E-state index is -0.157. The van der Waals surface area contributed by atoms with Crippen molar-refractivity contribution in [2.24, 2.45) is 11.5 Å². The molecule has 0 spiro atoms. The standard InChI is InChI=1S/C22H47N3O/c23-19-15-11-13-17-21-25-20-16-12-9-7-5-3-1-2-4-6-8-10-14-18-22(24)26/h25H,1-21,23H2,(H2,24,26). The Bertz CT molecular complexity index is 285. The van der Waals surface area contributed by atoms with Gasteiger partial charge in [-0.05, 0) is 45.3 Å². The van der Waals surface area contributed by atoms with Crippen molar-refractivity contribution in [3.05, 3.63) is 0 Å². The smallest absolute Gasteiger partial charge is 0.217 e. The molecule has 26 heavy (non-hydrogen) atoms. The molecule has 0 saturated carbocycles. The molecule has 0 bridgehead atoms. The van der Waals surface area contributed by atoms with E-state index >= 15 is 0 Å². The Kier molecular flexibility index (Phi) is 21.9. The fourth-order valence-corrected chi connectivity index (χ4v) is 3.37. The van der Waals surface area contributed by atoms with Gasteiger partial charge < -0.3 is 16.8 Å². The molecule has 0 aromatic heterocycles. The van der Waals surface area contributed by atoms with Crippen molar-refractivity contribution in [2.75, 3.05) is 19.6 Å². The number of carbonyl (C=O) groups excluding carboxylic acids is 1. The molecule has 0 heterocycles. The molecule has 156 valence electrons. The summed E-state index contributed by atoms with van der Waals surface area (Å²) in [6.45, 7) is 3.21. The van der Waals surface area contributed by atoms with E-state index in [2.05, 4.69) is 5.32 Å². The molecule has 0 saturated heterocycles. The van der Waals surface area contributed by atoms with Gasteiger partial charge in [-0.25, -0.2) is 0 Å². The third kappa shape index (κ3) is 23.4. The average Bonchev–Trinajstić information content (AvgIpc) is 2.62. The van der Waals surface area contributed by atoms with Crippen molar-refractivity contribution in [2.45, 2.75) is 116 Å². The Balaban J connectivity index is 2.98. The van der Waals surface area contributed by atoms with Crippen molar-refractivity contribution in [1.29, 1.82) is 0 Å². The van der Waals surface area contributed by atoms with Crippen LogP contribution in [0.25, 0.3) is 0 Å². The summed E-state index contributed by atoms with van der Waals surface area (Å²) in [7, 11) is 0. The van der Waals surface area contributed by atoms with Crippen LogP contribution in [0.15, 0.2) is 0 Å². The van der Waals surface area contributed by atoms with E-state index in [9.17, 15) is 4.79 Å². The van der Waals surface area contributed by atoms with Gasteiger partial charge in [0.05, 0.1) is 0 Å². The number of hydrogen-bond donors (Lipinski definition) is 3. The van der Waals surface area contributed by atoms with Gasteiger partial charge in [0.15, 0.2) is 0 Å². The summed E-state index contributed by atoms with van der Waals surface area (Å²) >= 11 is 0. The van der Waals surface area contributed by atoms with Crippen LogP contribution in [0.2, 0.25) is 0 Å². The predicted molar refractivity (Wildman–Crippen MR) is 114 cm³/mol. The van der Waals surface area contributed by atoms with Gasteiger partial charge >= 0.3 is 0 Å². The molecule has 0 aromatic carbocycles. The largest absolute Gasteiger partial charge is 0.370 e. The van der Waals surface area contributed by atoms with Gasteiger partial charge in [0, 0.05) is 6.42 Å². The van der Waals surface area contributed by atoms with Crippen molar-refractivity contribution >= 4 is 5.91 Å². The maximum atomic E-state index is 10.6. The van der Waals surface area contributed by atoms with Crippen molar-refractivity contribution in [1.82, 2.24) is 5.32 Å². The van der Waals surface area contributed by atoms with Crippen molar-refractivity contribution < 1.29 is 4.79 Å². The fraction of sp³-hybridized carbons (Fsp3) is 0.955. The minimum absolute atomic E-state index is 0.157. The summed E-state index contributed by atoms with van der Waals surface area (Å²) in [4.78, 5) is 10.6. The van der Waals surface area contributed by atoms with E-state index < -0.39 is 0 Å². The normalized spacial score (nSPS) is 11.1. The number of rotatable bonds is 22. The molecule has 0 rings (SSSR count). The zero-order valence-corrected chi connectivity index (χ0v) is 17.4. The lowest BCUT2D eigenvalue weighted by Gasteiger charge is -2.05. The van der Waals surface area contributed by atoms with Crippen LogP contribution in [-0.2, 0) is 4.79 Å². The molecule has 5 N–H and O–H groups in total. The summed E-state index contributed by atoms with van der Waals surface area (Å²) in [5.41, 5.74) is 10.6. The zero-order chi connectivity index (χ0) is 19.1. The Labute approximate surface area is 163 Å². The molecule has 0 aliphatic heterocycles. The Morgan fingerprint density at radius 2 is 0.885 bits per heavy atom. The van der Waals surface area contributed by atoms with Crippen molar-refractivity contribution in [3.63, 3.8) is 0 Å². The highest BCUT2D eigenvalue weighted by molar-refractivity contribution is 5.73. The molecular formula is C22H47N3O. The van der Waals surface area contributed by atoms with E-state index in [4.69, 9.17) is 11.5 Å². The second kappa shape index (κ2) is 22.4. The van der Waals surface area contributed by atoms with E-state index in [1.165, 1.54) is 109 Å². The number of nitrogens with one attached hydrogen (secondary N) is 1. The van der Waals surface area contributed by atoms with Crippen LogP contribution in [0.5, 0.6) is 0 Å². The van der Waals surface area contributed by atoms with Crippen LogP contribution in [0, 0.1) is 0 Å². The lowest BCUT2D eigenvalue weighted by atomic mass is 10.0. The lowest BCUT2D eigenvalue weighted by molar-refractivity contribution is -0.118. The van der Waals surface area contributed by atoms with Gasteiger partial charge in [-0.15, -0.1) is 0 Å². The maximum Gasteiger partial charge on any atom is 0.217 e. The SMILES string of the molecule is NCCCCCCNCCCCCCCCCCCCCCCC(N)=O. The zero-order valence-electron chi connectivity index (χ0n) is 17.4. The van der Waals surface area contributed by atoms with Crippen LogP contribution in [0.1, 0.15) is 116 Å². The van der Waals surface area contributed by atoms with Gasteiger partial charge in [-0.2, -0.15) is 0 Å². The van der Waals surface area contributed by atoms with Gasteiger partial charge in [0.2, 0.25) is 5.91 Å². The fourth-order valence-electron chi connectivity index (χ4n) is 3.37. The molecule has 4 heteroatoms. The van der Waals surface area contributed by atoms with E-state index in [0.717, 1.165) is 19.4 Å². The molecule has 0 aliphatic carbocycles. The van der Waals surface area contributed by atoms with Crippen LogP contribution < -0.4 is 16.8 Å². The van der Waals surface area contributed by atoms with Gasteiger partial charge in [-0.1, -0.05) is 83.5 Å². The average molecular weight is 370 g/mol. The molecular weight excluding hydrogens is 322 g/mol. The molecule has 4 nitrogen and oxygen atoms in total. The van der Waals surface area contributed by atoms with Gasteiger partial charge in [0.25, 0.3) is 0 Å². The Morgan fingerprint density at radius 1 is 0.538 bits per heavy atom. The third-order valence-electron chi connectivity index (χ3n) is 5.08. The molecule has 0 unspecified atom stereocenters. The Hall–Kier alpha value is -0.610. The highest BCUT2D eigenvalue weighted by Gasteiger charge is 1.96. The number of amides is 1. The Morgan fingerprint density at radius 3 is 1.27 bits per heavy atom. The van der Waals surface area contributed by atoms with Crippen LogP contribution in [0.4, 0.5) is 0 Å². The molecule has 0 atom stereocenters. The summed E-state index contributed by atoms with van der Waals surface area (Å²) < 4.78 is 0. The number of nitrogens with two attached hydrogens (primary N) is 2. The van der Waals surface area contributed by atoms with Crippen LogP contribution in [-0.4, -0.2) is 25.5 Å². The summed E-state index contributed by atoms with van der Waals surface area (Å²) in [5.74, 6) is -0.157. The first-order valence-electron chi connectivity index (χ1n) is 11.5. The molecule has 0 aliphatic rings. The maximum absolute atomic E-state index is 10.6. The quantitative estimate of drug-likeness (QED) is 0.234. The van der Waals surface area contributed by atoms with Gasteiger partial charge in [0.1, 0.15) is 0 Å². The third-order valence-corrected chi connectivity index (χ3v) is 5.08. The second-order valence-corrected chi connectivity index (χ2v) is 7.77. The molecule has 0 radical (unpaired) electrons. The van der Waals surface area contributed by atoms with E-state index in [0.29, 0.717) is 6.42 Å². The van der Waals surface area contributed by atoms with Crippen LogP contribution >= 0.6 is 0 Å². The monoisotopic (exact) mass is 369 g/mol. The molecule has 0 aromatic rings. The van der Waals surface area contributed by atoms with Crippen molar-refractivity contribution in [3.8, 4) is 0 Å². The number of unbranched alkanes of at least 4 members (excludes halogenated alkanes) is 15. The lowest BCUT2D eigenvalue weighted by Crippen LogP contribution is -2.16. The summed E-state index contributed by atoms with van der Waals surface area (Å²) in [6, 6.07) is 0. The highest BCUT2D eigenvalue weighted by Crippen LogP contribution is 2.12. The summed E-state index contributed by atoms with van der Waals surface area (Å²) in [5, 5.41) is 3.56.